The second kappa shape index (κ2) is 24.9. The van der Waals surface area contributed by atoms with Gasteiger partial charge in [0, 0.05) is 11.4 Å². The van der Waals surface area contributed by atoms with E-state index in [1.807, 2.05) is 39.8 Å². The summed E-state index contributed by atoms with van der Waals surface area (Å²) in [5.41, 5.74) is 12.6. The van der Waals surface area contributed by atoms with Gasteiger partial charge in [-0.3, -0.25) is 0 Å². The second-order valence-corrected chi connectivity index (χ2v) is 9.86. The number of dihydropyridines is 1. The fraction of sp³-hybridized carbons (Fsp3) is 0.317. The summed E-state index contributed by atoms with van der Waals surface area (Å²) in [6, 6.07) is 17.2. The SMILES string of the molecule is C=C(C)CC.C=C/C(C)=C1/C=C(c2ccccc2C)C=C(C)N1.C=C/C=C(/C)C=C.CC.CCc1cccc(CC)c1. The van der Waals surface area contributed by atoms with E-state index < -0.39 is 0 Å². The van der Waals surface area contributed by atoms with E-state index in [4.69, 9.17) is 0 Å². The maximum atomic E-state index is 3.83. The molecular weight excluding hydrogens is 506 g/mol. The van der Waals surface area contributed by atoms with Gasteiger partial charge in [-0.2, -0.15) is 0 Å². The molecule has 0 saturated carbocycles. The molecule has 42 heavy (non-hydrogen) atoms. The van der Waals surface area contributed by atoms with Crippen molar-refractivity contribution in [1.29, 1.82) is 0 Å². The van der Waals surface area contributed by atoms with Crippen molar-refractivity contribution >= 4 is 5.57 Å². The molecule has 2 aromatic rings. The zero-order chi connectivity index (χ0) is 32.5. The zero-order valence-corrected chi connectivity index (χ0v) is 28.5. The Morgan fingerprint density at radius 1 is 0.786 bits per heavy atom. The van der Waals surface area contributed by atoms with Crippen LogP contribution in [0.25, 0.3) is 5.57 Å². The van der Waals surface area contributed by atoms with Gasteiger partial charge < -0.3 is 5.32 Å². The van der Waals surface area contributed by atoms with Crippen molar-refractivity contribution in [2.75, 3.05) is 0 Å². The highest BCUT2D eigenvalue weighted by molar-refractivity contribution is 5.80. The first-order valence-corrected chi connectivity index (χ1v) is 15.3. The number of nitrogens with one attached hydrogen (secondary N) is 1. The van der Waals surface area contributed by atoms with Crippen LogP contribution in [0.2, 0.25) is 0 Å². The van der Waals surface area contributed by atoms with E-state index in [1.54, 1.807) is 12.2 Å². The fourth-order valence-electron chi connectivity index (χ4n) is 3.41. The average molecular weight is 566 g/mol. The summed E-state index contributed by atoms with van der Waals surface area (Å²) in [6.07, 6.45) is 15.1. The number of benzene rings is 2. The molecule has 2 aromatic carbocycles. The maximum Gasteiger partial charge on any atom is 0.0417 e. The van der Waals surface area contributed by atoms with Gasteiger partial charge in [0.15, 0.2) is 0 Å². The highest BCUT2D eigenvalue weighted by Gasteiger charge is 2.10. The van der Waals surface area contributed by atoms with Crippen molar-refractivity contribution < 1.29 is 0 Å². The van der Waals surface area contributed by atoms with Crippen LogP contribution in [0.5, 0.6) is 0 Å². The smallest absolute Gasteiger partial charge is 0.0417 e. The molecule has 3 rings (SSSR count). The van der Waals surface area contributed by atoms with Gasteiger partial charge in [-0.1, -0.05) is 138 Å². The van der Waals surface area contributed by atoms with Gasteiger partial charge in [0.2, 0.25) is 0 Å². The van der Waals surface area contributed by atoms with Crippen LogP contribution in [-0.2, 0) is 12.8 Å². The normalized spacial score (nSPS) is 12.7. The van der Waals surface area contributed by atoms with Crippen molar-refractivity contribution in [3.8, 4) is 0 Å². The molecule has 0 bridgehead atoms. The Morgan fingerprint density at radius 3 is 1.74 bits per heavy atom. The molecule has 1 aliphatic heterocycles. The third-order valence-corrected chi connectivity index (χ3v) is 6.30. The number of aryl methyl sites for hydroxylation is 3. The summed E-state index contributed by atoms with van der Waals surface area (Å²) in [5, 5.41) is 3.38. The van der Waals surface area contributed by atoms with Crippen LogP contribution in [0.4, 0.5) is 0 Å². The quantitative estimate of drug-likeness (QED) is 0.260. The van der Waals surface area contributed by atoms with Gasteiger partial charge in [0.25, 0.3) is 0 Å². The molecule has 0 unspecified atom stereocenters. The largest absolute Gasteiger partial charge is 0.359 e. The van der Waals surface area contributed by atoms with E-state index in [9.17, 15) is 0 Å². The van der Waals surface area contributed by atoms with Crippen LogP contribution in [0.15, 0.2) is 139 Å². The zero-order valence-electron chi connectivity index (χ0n) is 28.5. The predicted molar refractivity (Wildman–Crippen MR) is 195 cm³/mol. The van der Waals surface area contributed by atoms with E-state index in [0.717, 1.165) is 41.8 Å². The number of allylic oxidation sites excluding steroid dienone is 11. The molecule has 0 amide bonds. The second-order valence-electron chi connectivity index (χ2n) is 9.86. The summed E-state index contributed by atoms with van der Waals surface area (Å²) in [7, 11) is 0. The Morgan fingerprint density at radius 2 is 1.33 bits per heavy atom. The molecular formula is C41H59N. The molecule has 0 atom stereocenters. The van der Waals surface area contributed by atoms with E-state index in [-0.39, 0.29) is 0 Å². The Hall–Kier alpha value is -3.84. The Labute approximate surface area is 260 Å². The van der Waals surface area contributed by atoms with E-state index in [1.165, 1.54) is 33.4 Å². The van der Waals surface area contributed by atoms with Crippen molar-refractivity contribution in [3.05, 3.63) is 162 Å². The van der Waals surface area contributed by atoms with Crippen LogP contribution < -0.4 is 5.32 Å². The monoisotopic (exact) mass is 565 g/mol. The van der Waals surface area contributed by atoms with Crippen molar-refractivity contribution in [3.63, 3.8) is 0 Å². The number of hydrogen-bond acceptors (Lipinski definition) is 1. The lowest BCUT2D eigenvalue weighted by Crippen LogP contribution is -2.14. The van der Waals surface area contributed by atoms with Crippen LogP contribution >= 0.6 is 0 Å². The average Bonchev–Trinajstić information content (AvgIpc) is 3.02. The van der Waals surface area contributed by atoms with Gasteiger partial charge >= 0.3 is 0 Å². The molecule has 1 N–H and O–H groups in total. The Balaban J connectivity index is 0. The van der Waals surface area contributed by atoms with Crippen molar-refractivity contribution in [2.24, 2.45) is 0 Å². The molecule has 228 valence electrons. The molecule has 0 fully saturated rings. The standard InChI is InChI=1S/C17H19N.C10H14.C7H10.C5H10.C2H6/c1-5-12(2)17-11-15(10-14(4)18-17)16-9-7-6-8-13(16)3;1-3-9-6-5-7-10(4-2)8-9;1-4-6-7(3)5-2;1-4-5(2)3;1-2/h5-11,18H,1H2,2-4H3;5-8H,3-4H2,1-2H3;4-6H,1-2H2,3H3;2,4H2,1,3H3;1-2H3/b17-12-;;7-6-;;. The highest BCUT2D eigenvalue weighted by Crippen LogP contribution is 2.26. The van der Waals surface area contributed by atoms with Crippen LogP contribution in [-0.4, -0.2) is 0 Å². The molecule has 0 saturated heterocycles. The number of rotatable bonds is 7. The van der Waals surface area contributed by atoms with Crippen molar-refractivity contribution in [2.45, 2.75) is 88.5 Å². The minimum atomic E-state index is 1.11. The molecule has 0 radical (unpaired) electrons. The van der Waals surface area contributed by atoms with Crippen LogP contribution in [0, 0.1) is 6.92 Å². The lowest BCUT2D eigenvalue weighted by Gasteiger charge is -2.19. The summed E-state index contributed by atoms with van der Waals surface area (Å²) >= 11 is 0. The molecule has 1 nitrogen and oxygen atoms in total. The molecule has 1 aliphatic rings. The van der Waals surface area contributed by atoms with Gasteiger partial charge in [-0.15, -0.1) is 6.58 Å². The molecule has 0 aliphatic carbocycles. The Kier molecular flexibility index (Phi) is 23.9. The van der Waals surface area contributed by atoms with Gasteiger partial charge in [-0.25, -0.2) is 0 Å². The summed E-state index contributed by atoms with van der Waals surface area (Å²) in [5.74, 6) is 0. The van der Waals surface area contributed by atoms with Gasteiger partial charge in [-0.05, 0) is 99.4 Å². The lowest BCUT2D eigenvalue weighted by molar-refractivity contribution is 0.976. The molecule has 1 heteroatoms. The van der Waals surface area contributed by atoms with E-state index in [2.05, 4.69) is 134 Å². The Bertz CT molecular complexity index is 1210. The summed E-state index contributed by atoms with van der Waals surface area (Å²) < 4.78 is 0. The summed E-state index contributed by atoms with van der Waals surface area (Å²) in [6.45, 7) is 35.4. The first kappa shape index (κ1) is 40.3. The number of hydrogen-bond donors (Lipinski definition) is 1. The minimum absolute atomic E-state index is 1.11. The third kappa shape index (κ3) is 17.8. The van der Waals surface area contributed by atoms with E-state index >= 15 is 0 Å². The molecule has 0 aromatic heterocycles. The summed E-state index contributed by atoms with van der Waals surface area (Å²) in [4.78, 5) is 0. The van der Waals surface area contributed by atoms with Crippen molar-refractivity contribution in [1.82, 2.24) is 5.32 Å². The van der Waals surface area contributed by atoms with Gasteiger partial charge in [0.05, 0.1) is 0 Å². The first-order chi connectivity index (χ1) is 20.1. The topological polar surface area (TPSA) is 12.0 Å². The van der Waals surface area contributed by atoms with E-state index in [0.29, 0.717) is 0 Å². The maximum absolute atomic E-state index is 3.83. The highest BCUT2D eigenvalue weighted by atomic mass is 14.9. The lowest BCUT2D eigenvalue weighted by atomic mass is 9.96. The minimum Gasteiger partial charge on any atom is -0.359 e. The molecule has 1 heterocycles. The van der Waals surface area contributed by atoms with Crippen LogP contribution in [0.1, 0.15) is 91.0 Å². The van der Waals surface area contributed by atoms with Gasteiger partial charge in [0.1, 0.15) is 0 Å². The van der Waals surface area contributed by atoms with Crippen LogP contribution in [0.3, 0.4) is 0 Å². The third-order valence-electron chi connectivity index (χ3n) is 6.30. The first-order valence-electron chi connectivity index (χ1n) is 15.3. The molecule has 0 spiro atoms. The fourth-order valence-corrected chi connectivity index (χ4v) is 3.41. The predicted octanol–water partition coefficient (Wildman–Crippen LogP) is 12.5.